The van der Waals surface area contributed by atoms with Crippen LogP contribution < -0.4 is 5.73 Å². The summed E-state index contributed by atoms with van der Waals surface area (Å²) >= 11 is 0. The lowest BCUT2D eigenvalue weighted by Gasteiger charge is -2.25. The number of nitrogens with two attached hydrogens (primary N) is 1. The molecule has 1 saturated carbocycles. The molecule has 1 atom stereocenters. The van der Waals surface area contributed by atoms with Crippen molar-refractivity contribution in [2.24, 2.45) is 17.6 Å². The van der Waals surface area contributed by atoms with Gasteiger partial charge in [0.05, 0.1) is 0 Å². The summed E-state index contributed by atoms with van der Waals surface area (Å²) in [7, 11) is 0. The molecule has 0 aliphatic heterocycles. The zero-order valence-electron chi connectivity index (χ0n) is 10.8. The summed E-state index contributed by atoms with van der Waals surface area (Å²) in [5.74, 6) is 1.61. The van der Waals surface area contributed by atoms with E-state index in [4.69, 9.17) is 5.73 Å². The second kappa shape index (κ2) is 6.18. The van der Waals surface area contributed by atoms with Gasteiger partial charge in [-0.3, -0.25) is 4.90 Å². The van der Waals surface area contributed by atoms with Crippen LogP contribution in [-0.2, 0) is 6.54 Å². The smallest absolute Gasteiger partial charge is 0.0233 e. The Kier molecular flexibility index (Phi) is 4.57. The van der Waals surface area contributed by atoms with Crippen LogP contribution in [0.2, 0.25) is 0 Å². The van der Waals surface area contributed by atoms with Gasteiger partial charge in [0.2, 0.25) is 0 Å². The highest BCUT2D eigenvalue weighted by Crippen LogP contribution is 2.36. The molecule has 1 aliphatic rings. The molecule has 1 aliphatic carbocycles. The lowest BCUT2D eigenvalue weighted by molar-refractivity contribution is 0.222. The summed E-state index contributed by atoms with van der Waals surface area (Å²) in [6, 6.07) is 10.7. The molecule has 1 aromatic rings. The minimum absolute atomic E-state index is 0.707. The van der Waals surface area contributed by atoms with E-state index in [0.717, 1.165) is 32.1 Å². The van der Waals surface area contributed by atoms with Gasteiger partial charge in [-0.1, -0.05) is 37.3 Å². The van der Waals surface area contributed by atoms with E-state index in [-0.39, 0.29) is 0 Å². The van der Waals surface area contributed by atoms with Crippen LogP contribution in [0.4, 0.5) is 0 Å². The maximum atomic E-state index is 5.88. The van der Waals surface area contributed by atoms with Crippen LogP contribution in [0, 0.1) is 11.8 Å². The Labute approximate surface area is 105 Å². The van der Waals surface area contributed by atoms with Gasteiger partial charge < -0.3 is 5.73 Å². The minimum atomic E-state index is 0.707. The Hall–Kier alpha value is -0.860. The molecule has 0 bridgehead atoms. The van der Waals surface area contributed by atoms with Gasteiger partial charge in [0.1, 0.15) is 0 Å². The highest BCUT2D eigenvalue weighted by molar-refractivity contribution is 5.14. The Morgan fingerprint density at radius 2 is 2.00 bits per heavy atom. The topological polar surface area (TPSA) is 29.3 Å². The van der Waals surface area contributed by atoms with E-state index in [1.54, 1.807) is 0 Å². The normalized spacial score (nSPS) is 17.4. The van der Waals surface area contributed by atoms with E-state index >= 15 is 0 Å². The Bertz CT molecular complexity index is 319. The summed E-state index contributed by atoms with van der Waals surface area (Å²) < 4.78 is 0. The predicted octanol–water partition coefficient (Wildman–Crippen LogP) is 2.49. The van der Waals surface area contributed by atoms with E-state index in [1.165, 1.54) is 18.4 Å². The number of rotatable bonds is 7. The fraction of sp³-hybridized carbons (Fsp3) is 0.600. The molecule has 1 unspecified atom stereocenters. The standard InChI is InChI=1S/C15H24N2/c1-2-17(11-13-6-4-3-5-7-13)12-15(10-16)14-8-9-14/h3-7,14-15H,2,8-12,16H2,1H3. The van der Waals surface area contributed by atoms with E-state index in [1.807, 2.05) is 0 Å². The minimum Gasteiger partial charge on any atom is -0.330 e. The molecule has 2 rings (SSSR count). The number of hydrogen-bond acceptors (Lipinski definition) is 2. The zero-order valence-corrected chi connectivity index (χ0v) is 10.8. The molecule has 0 amide bonds. The maximum absolute atomic E-state index is 5.88. The van der Waals surface area contributed by atoms with Crippen molar-refractivity contribution in [2.75, 3.05) is 19.6 Å². The van der Waals surface area contributed by atoms with Gasteiger partial charge in [0, 0.05) is 13.1 Å². The Balaban J connectivity index is 1.87. The fourth-order valence-electron chi connectivity index (χ4n) is 2.46. The van der Waals surface area contributed by atoms with Crippen LogP contribution in [0.1, 0.15) is 25.3 Å². The van der Waals surface area contributed by atoms with Gasteiger partial charge >= 0.3 is 0 Å². The molecule has 0 spiro atoms. The molecule has 2 N–H and O–H groups in total. The summed E-state index contributed by atoms with van der Waals surface area (Å²) in [6.07, 6.45) is 2.79. The van der Waals surface area contributed by atoms with E-state index in [0.29, 0.717) is 5.92 Å². The van der Waals surface area contributed by atoms with Crippen molar-refractivity contribution in [3.8, 4) is 0 Å². The third-order valence-electron chi connectivity index (χ3n) is 3.78. The number of hydrogen-bond donors (Lipinski definition) is 1. The number of nitrogens with zero attached hydrogens (tertiary/aromatic N) is 1. The first-order valence-electron chi connectivity index (χ1n) is 6.79. The van der Waals surface area contributed by atoms with Crippen molar-refractivity contribution in [1.29, 1.82) is 0 Å². The molecule has 0 heterocycles. The third kappa shape index (κ3) is 3.83. The van der Waals surface area contributed by atoms with Crippen molar-refractivity contribution in [3.05, 3.63) is 35.9 Å². The van der Waals surface area contributed by atoms with Crippen LogP contribution in [0.15, 0.2) is 30.3 Å². The molecule has 2 nitrogen and oxygen atoms in total. The van der Waals surface area contributed by atoms with Crippen LogP contribution >= 0.6 is 0 Å². The fourth-order valence-corrected chi connectivity index (χ4v) is 2.46. The van der Waals surface area contributed by atoms with Gasteiger partial charge in [0.25, 0.3) is 0 Å². The summed E-state index contributed by atoms with van der Waals surface area (Å²) in [5.41, 5.74) is 7.29. The molecule has 94 valence electrons. The van der Waals surface area contributed by atoms with Gasteiger partial charge in [-0.2, -0.15) is 0 Å². The quantitative estimate of drug-likeness (QED) is 0.782. The van der Waals surface area contributed by atoms with E-state index in [2.05, 4.69) is 42.2 Å². The van der Waals surface area contributed by atoms with Gasteiger partial charge in [0.15, 0.2) is 0 Å². The molecule has 1 fully saturated rings. The monoisotopic (exact) mass is 232 g/mol. The second-order valence-corrected chi connectivity index (χ2v) is 5.15. The van der Waals surface area contributed by atoms with Gasteiger partial charge in [-0.25, -0.2) is 0 Å². The molecule has 2 heteroatoms. The molecule has 1 aromatic carbocycles. The van der Waals surface area contributed by atoms with Crippen molar-refractivity contribution in [1.82, 2.24) is 4.90 Å². The molecule has 17 heavy (non-hydrogen) atoms. The third-order valence-corrected chi connectivity index (χ3v) is 3.78. The van der Waals surface area contributed by atoms with Crippen molar-refractivity contribution in [2.45, 2.75) is 26.3 Å². The molecular weight excluding hydrogens is 208 g/mol. The Morgan fingerprint density at radius 3 is 2.53 bits per heavy atom. The molecule has 0 aromatic heterocycles. The van der Waals surface area contributed by atoms with E-state index < -0.39 is 0 Å². The van der Waals surface area contributed by atoms with Crippen LogP contribution in [0.3, 0.4) is 0 Å². The first kappa shape index (κ1) is 12.6. The predicted molar refractivity (Wildman–Crippen MR) is 72.7 cm³/mol. The maximum Gasteiger partial charge on any atom is 0.0233 e. The summed E-state index contributed by atoms with van der Waals surface area (Å²) in [5, 5.41) is 0. The first-order chi connectivity index (χ1) is 8.33. The van der Waals surface area contributed by atoms with Crippen LogP contribution in [0.25, 0.3) is 0 Å². The SMILES string of the molecule is CCN(Cc1ccccc1)CC(CN)C1CC1. The average molecular weight is 232 g/mol. The molecule has 0 radical (unpaired) electrons. The molecule has 0 saturated heterocycles. The lowest BCUT2D eigenvalue weighted by atomic mass is 10.0. The highest BCUT2D eigenvalue weighted by atomic mass is 15.1. The van der Waals surface area contributed by atoms with Gasteiger partial charge in [-0.05, 0) is 43.3 Å². The largest absolute Gasteiger partial charge is 0.330 e. The van der Waals surface area contributed by atoms with Gasteiger partial charge in [-0.15, -0.1) is 0 Å². The van der Waals surface area contributed by atoms with Crippen molar-refractivity contribution >= 4 is 0 Å². The van der Waals surface area contributed by atoms with Crippen LogP contribution in [-0.4, -0.2) is 24.5 Å². The molecular formula is C15H24N2. The first-order valence-corrected chi connectivity index (χ1v) is 6.79. The number of benzene rings is 1. The van der Waals surface area contributed by atoms with Crippen LogP contribution in [0.5, 0.6) is 0 Å². The van der Waals surface area contributed by atoms with Crippen molar-refractivity contribution in [3.63, 3.8) is 0 Å². The summed E-state index contributed by atoms with van der Waals surface area (Å²) in [6.45, 7) is 6.41. The highest BCUT2D eigenvalue weighted by Gasteiger charge is 2.30. The average Bonchev–Trinajstić information content (AvgIpc) is 3.20. The van der Waals surface area contributed by atoms with E-state index in [9.17, 15) is 0 Å². The lowest BCUT2D eigenvalue weighted by Crippen LogP contribution is -2.33. The zero-order chi connectivity index (χ0) is 12.1. The summed E-state index contributed by atoms with van der Waals surface area (Å²) in [4.78, 5) is 2.52. The second-order valence-electron chi connectivity index (χ2n) is 5.15. The Morgan fingerprint density at radius 1 is 1.29 bits per heavy atom. The van der Waals surface area contributed by atoms with Crippen molar-refractivity contribution < 1.29 is 0 Å².